The lowest BCUT2D eigenvalue weighted by atomic mass is 10.1. The molecule has 0 spiro atoms. The Morgan fingerprint density at radius 3 is 2.22 bits per heavy atom. The topological polar surface area (TPSA) is 122 Å². The molecule has 1 fully saturated rings. The average Bonchev–Trinajstić information content (AvgIpc) is 3.26. The van der Waals surface area contributed by atoms with Gasteiger partial charge < -0.3 is 9.16 Å². The van der Waals surface area contributed by atoms with Crippen LogP contribution in [0.15, 0.2) is 81.4 Å². The highest BCUT2D eigenvalue weighted by Gasteiger charge is 2.51. The molecule has 37 heavy (non-hydrogen) atoms. The zero-order valence-electron chi connectivity index (χ0n) is 21.6. The van der Waals surface area contributed by atoms with Gasteiger partial charge in [0.15, 0.2) is 0 Å². The van der Waals surface area contributed by atoms with Gasteiger partial charge in [0.2, 0.25) is 0 Å². The summed E-state index contributed by atoms with van der Waals surface area (Å²) < 4.78 is 14.8. The number of hydrogen-bond donors (Lipinski definition) is 1. The number of aryl methyl sites for hydroxylation is 1. The Morgan fingerprint density at radius 2 is 1.70 bits per heavy atom. The van der Waals surface area contributed by atoms with Crippen LogP contribution in [0.4, 0.5) is 0 Å². The summed E-state index contributed by atoms with van der Waals surface area (Å²) in [5.74, 6) is 0. The minimum Gasteiger partial charge on any atom is -0.405 e. The van der Waals surface area contributed by atoms with Crippen molar-refractivity contribution in [1.29, 1.82) is 0 Å². The number of ether oxygens (including phenoxy) is 1. The number of rotatable bonds is 8. The second-order valence-electron chi connectivity index (χ2n) is 10.3. The molecule has 4 rings (SSSR count). The van der Waals surface area contributed by atoms with Gasteiger partial charge in [-0.2, -0.15) is 0 Å². The summed E-state index contributed by atoms with van der Waals surface area (Å²) in [6, 6.07) is 21.4. The molecule has 194 valence electrons. The molecule has 0 unspecified atom stereocenters. The van der Waals surface area contributed by atoms with Crippen molar-refractivity contribution in [2.45, 2.75) is 63.9 Å². The Hall–Kier alpha value is -3.43. The smallest absolute Gasteiger partial charge is 0.330 e. The SMILES string of the molecule is CCc1cc(=O)[nH]c(=O)n1[C@H]1C[C@H](N=[N+]=[N-])[C@@H](CO[Si](c2ccccc2)(c2ccccc2)C(C)(C)C)O1. The van der Waals surface area contributed by atoms with Crippen LogP contribution in [0.25, 0.3) is 10.4 Å². The van der Waals surface area contributed by atoms with Crippen LogP contribution >= 0.6 is 0 Å². The molecule has 3 atom stereocenters. The fraction of sp³-hybridized carbons (Fsp3) is 0.407. The molecule has 1 aliphatic heterocycles. The van der Waals surface area contributed by atoms with Crippen molar-refractivity contribution in [2.24, 2.45) is 5.11 Å². The monoisotopic (exact) mass is 519 g/mol. The normalized spacial score (nSPS) is 19.9. The van der Waals surface area contributed by atoms with E-state index in [1.54, 1.807) is 0 Å². The van der Waals surface area contributed by atoms with Gasteiger partial charge >= 0.3 is 5.69 Å². The van der Waals surface area contributed by atoms with Crippen molar-refractivity contribution in [3.8, 4) is 0 Å². The number of nitrogens with one attached hydrogen (secondary N) is 1. The molecule has 0 amide bonds. The molecule has 0 aliphatic carbocycles. The Balaban J connectivity index is 1.72. The van der Waals surface area contributed by atoms with E-state index in [2.05, 4.69) is 60.0 Å². The van der Waals surface area contributed by atoms with E-state index >= 15 is 0 Å². The molecule has 0 saturated carbocycles. The Bertz CT molecular complexity index is 1340. The molecule has 9 nitrogen and oxygen atoms in total. The molecule has 0 bridgehead atoms. The minimum absolute atomic E-state index is 0.188. The van der Waals surface area contributed by atoms with E-state index in [0.717, 1.165) is 10.4 Å². The van der Waals surface area contributed by atoms with E-state index in [1.807, 2.05) is 43.3 Å². The molecular weight excluding hydrogens is 486 g/mol. The summed E-state index contributed by atoms with van der Waals surface area (Å²) in [5, 5.41) is 6.03. The molecule has 1 saturated heterocycles. The highest BCUT2D eigenvalue weighted by molar-refractivity contribution is 6.99. The Kier molecular flexibility index (Phi) is 7.84. The number of H-pyrrole nitrogens is 1. The van der Waals surface area contributed by atoms with Crippen LogP contribution in [0.2, 0.25) is 5.04 Å². The Labute approximate surface area is 216 Å². The number of benzene rings is 2. The summed E-state index contributed by atoms with van der Waals surface area (Å²) in [6.07, 6.45) is -0.458. The van der Waals surface area contributed by atoms with Gasteiger partial charge in [-0.1, -0.05) is 93.5 Å². The average molecular weight is 520 g/mol. The summed E-state index contributed by atoms with van der Waals surface area (Å²) in [4.78, 5) is 29.9. The standard InChI is InChI=1S/C27H33N5O4Si/c1-5-19-16-24(33)29-26(34)32(19)25-17-22(30-31-28)23(36-25)18-35-37(27(2,3)4,20-12-8-6-9-13-20)21-14-10-7-11-15-21/h6-16,22-23,25H,5,17-18H2,1-4H3,(H,29,33,34)/t22-,23+,25+/m0/s1. The summed E-state index contributed by atoms with van der Waals surface area (Å²) in [5.41, 5.74) is 8.83. The predicted molar refractivity (Wildman–Crippen MR) is 146 cm³/mol. The molecule has 3 aromatic rings. The molecule has 0 radical (unpaired) electrons. The molecule has 1 N–H and O–H groups in total. The van der Waals surface area contributed by atoms with E-state index in [9.17, 15) is 15.1 Å². The van der Waals surface area contributed by atoms with Gasteiger partial charge in [0.05, 0.1) is 18.8 Å². The first-order chi connectivity index (χ1) is 17.7. The molecule has 2 heterocycles. The second-order valence-corrected chi connectivity index (χ2v) is 14.6. The fourth-order valence-electron chi connectivity index (χ4n) is 5.32. The van der Waals surface area contributed by atoms with Crippen molar-refractivity contribution in [3.05, 3.63) is 104 Å². The van der Waals surface area contributed by atoms with Gasteiger partial charge in [-0.15, -0.1) is 0 Å². The van der Waals surface area contributed by atoms with Crippen molar-refractivity contribution in [2.75, 3.05) is 6.61 Å². The number of hydrogen-bond acceptors (Lipinski definition) is 5. The molecule has 2 aromatic carbocycles. The zero-order chi connectivity index (χ0) is 26.6. The van der Waals surface area contributed by atoms with Gasteiger partial charge in [0.1, 0.15) is 6.23 Å². The molecule has 1 aromatic heterocycles. The lowest BCUT2D eigenvalue weighted by molar-refractivity contribution is -0.0251. The van der Waals surface area contributed by atoms with E-state index in [-0.39, 0.29) is 11.6 Å². The first-order valence-electron chi connectivity index (χ1n) is 12.5. The summed E-state index contributed by atoms with van der Waals surface area (Å²) in [7, 11) is -2.84. The maximum Gasteiger partial charge on any atom is 0.330 e. The van der Waals surface area contributed by atoms with Crippen LogP contribution in [0.3, 0.4) is 0 Å². The first kappa shape index (κ1) is 26.6. The van der Waals surface area contributed by atoms with Crippen LogP contribution in [0, 0.1) is 0 Å². The number of azide groups is 1. The van der Waals surface area contributed by atoms with Crippen LogP contribution in [0.1, 0.15) is 46.0 Å². The lowest BCUT2D eigenvalue weighted by Gasteiger charge is -2.43. The third-order valence-electron chi connectivity index (χ3n) is 6.99. The summed E-state index contributed by atoms with van der Waals surface area (Å²) in [6.45, 7) is 8.63. The molecular formula is C27H33N5O4Si. The Morgan fingerprint density at radius 1 is 1.11 bits per heavy atom. The largest absolute Gasteiger partial charge is 0.405 e. The number of nitrogens with zero attached hydrogens (tertiary/aromatic N) is 4. The third-order valence-corrected chi connectivity index (χ3v) is 12.0. The van der Waals surface area contributed by atoms with Crippen LogP contribution in [-0.2, 0) is 15.6 Å². The van der Waals surface area contributed by atoms with Crippen molar-refractivity contribution in [1.82, 2.24) is 9.55 Å². The van der Waals surface area contributed by atoms with Gasteiger partial charge in [0.25, 0.3) is 13.9 Å². The minimum atomic E-state index is -2.84. The van der Waals surface area contributed by atoms with E-state index in [0.29, 0.717) is 18.5 Å². The molecule has 1 aliphatic rings. The van der Waals surface area contributed by atoms with Crippen LogP contribution in [0.5, 0.6) is 0 Å². The van der Waals surface area contributed by atoms with Crippen LogP contribution < -0.4 is 21.6 Å². The maximum atomic E-state index is 12.7. The summed E-state index contributed by atoms with van der Waals surface area (Å²) >= 11 is 0. The third kappa shape index (κ3) is 5.19. The van der Waals surface area contributed by atoms with E-state index in [4.69, 9.17) is 9.16 Å². The predicted octanol–water partition coefficient (Wildman–Crippen LogP) is 3.64. The lowest BCUT2D eigenvalue weighted by Crippen LogP contribution is -2.67. The fourth-order valence-corrected chi connectivity index (χ4v) is 9.89. The van der Waals surface area contributed by atoms with E-state index in [1.165, 1.54) is 10.6 Å². The molecule has 10 heteroatoms. The van der Waals surface area contributed by atoms with Gasteiger partial charge in [-0.25, -0.2) is 4.79 Å². The number of aromatic nitrogens is 2. The highest BCUT2D eigenvalue weighted by Crippen LogP contribution is 2.38. The van der Waals surface area contributed by atoms with Gasteiger partial charge in [-0.05, 0) is 27.4 Å². The zero-order valence-corrected chi connectivity index (χ0v) is 22.6. The van der Waals surface area contributed by atoms with Crippen LogP contribution in [-0.4, -0.2) is 36.6 Å². The van der Waals surface area contributed by atoms with Crippen molar-refractivity contribution < 1.29 is 9.16 Å². The first-order valence-corrected chi connectivity index (χ1v) is 14.4. The van der Waals surface area contributed by atoms with Crippen molar-refractivity contribution in [3.63, 3.8) is 0 Å². The highest BCUT2D eigenvalue weighted by atomic mass is 28.4. The maximum absolute atomic E-state index is 12.7. The van der Waals surface area contributed by atoms with E-state index < -0.39 is 37.9 Å². The second kappa shape index (κ2) is 10.9. The van der Waals surface area contributed by atoms with Crippen molar-refractivity contribution >= 4 is 18.7 Å². The van der Waals surface area contributed by atoms with Gasteiger partial charge in [-0.3, -0.25) is 14.3 Å². The number of aromatic amines is 1. The quantitative estimate of drug-likeness (QED) is 0.211. The van der Waals surface area contributed by atoms with Gasteiger partial charge in [0, 0.05) is 23.1 Å².